The fourth-order valence-corrected chi connectivity index (χ4v) is 6.84. The largest absolute Gasteiger partial charge is 0.0845 e. The molecule has 0 unspecified atom stereocenters. The zero-order valence-electron chi connectivity index (χ0n) is 18.2. The van der Waals surface area contributed by atoms with E-state index in [4.69, 9.17) is 0 Å². The normalized spacial score (nSPS) is 28.0. The lowest BCUT2D eigenvalue weighted by molar-refractivity contribution is 0.362. The van der Waals surface area contributed by atoms with Crippen molar-refractivity contribution in [1.29, 1.82) is 0 Å². The molecule has 0 spiro atoms. The molecule has 0 atom stereocenters. The van der Waals surface area contributed by atoms with E-state index < -0.39 is 0 Å². The number of hydrogen-bond acceptors (Lipinski definition) is 0. The maximum Gasteiger partial charge on any atom is -0.00525 e. The molecule has 5 rings (SSSR count). The fraction of sp³-hybridized carbons (Fsp3) is 0.714. The van der Waals surface area contributed by atoms with E-state index in [1.165, 1.54) is 103 Å². The van der Waals surface area contributed by atoms with Gasteiger partial charge >= 0.3 is 0 Å². The Bertz CT molecular complexity index is 709. The van der Waals surface area contributed by atoms with Crippen molar-refractivity contribution in [3.05, 3.63) is 45.6 Å². The molecule has 0 amide bonds. The summed E-state index contributed by atoms with van der Waals surface area (Å²) in [6.45, 7) is 2.27. The third kappa shape index (κ3) is 3.40. The van der Waals surface area contributed by atoms with Gasteiger partial charge in [0.05, 0.1) is 0 Å². The molecule has 3 fully saturated rings. The second-order valence-corrected chi connectivity index (χ2v) is 10.3. The fourth-order valence-electron chi connectivity index (χ4n) is 6.84. The predicted octanol–water partition coefficient (Wildman–Crippen LogP) is 8.61. The smallest absolute Gasteiger partial charge is 0.00525 e. The monoisotopic (exact) mass is 376 g/mol. The summed E-state index contributed by atoms with van der Waals surface area (Å²) in [5, 5.41) is 0. The summed E-state index contributed by atoms with van der Waals surface area (Å²) in [5.41, 5.74) is 11.2. The van der Waals surface area contributed by atoms with Gasteiger partial charge in [0, 0.05) is 0 Å². The van der Waals surface area contributed by atoms with Crippen molar-refractivity contribution >= 4 is 0 Å². The van der Waals surface area contributed by atoms with Crippen LogP contribution in [-0.2, 0) is 0 Å². The van der Waals surface area contributed by atoms with Crippen LogP contribution in [0.3, 0.4) is 0 Å². The van der Waals surface area contributed by atoms with E-state index in [0.29, 0.717) is 0 Å². The third-order valence-electron chi connectivity index (χ3n) is 8.65. The van der Waals surface area contributed by atoms with E-state index in [2.05, 4.69) is 19.1 Å². The molecule has 5 aliphatic rings. The van der Waals surface area contributed by atoms with Gasteiger partial charge in [-0.3, -0.25) is 0 Å². The van der Waals surface area contributed by atoms with Gasteiger partial charge in [-0.15, -0.1) is 0 Å². The first-order valence-electron chi connectivity index (χ1n) is 12.7. The van der Waals surface area contributed by atoms with Gasteiger partial charge in [0.1, 0.15) is 0 Å². The van der Waals surface area contributed by atoms with E-state index in [9.17, 15) is 0 Å². The lowest BCUT2D eigenvalue weighted by Crippen LogP contribution is -2.20. The Morgan fingerprint density at radius 2 is 1.32 bits per heavy atom. The van der Waals surface area contributed by atoms with Crippen molar-refractivity contribution in [3.63, 3.8) is 0 Å². The van der Waals surface area contributed by atoms with Gasteiger partial charge in [-0.2, -0.15) is 0 Å². The van der Waals surface area contributed by atoms with Gasteiger partial charge in [-0.25, -0.2) is 0 Å². The summed E-state index contributed by atoms with van der Waals surface area (Å²) in [7, 11) is 0. The molecule has 0 aromatic heterocycles. The molecule has 0 saturated heterocycles. The molecule has 0 aliphatic heterocycles. The molecule has 0 aromatic rings. The van der Waals surface area contributed by atoms with Gasteiger partial charge in [-0.05, 0) is 110 Å². The Labute approximate surface area is 173 Å². The molecular formula is C28H40. The summed E-state index contributed by atoms with van der Waals surface area (Å²) in [4.78, 5) is 0. The van der Waals surface area contributed by atoms with Gasteiger partial charge < -0.3 is 0 Å². The lowest BCUT2D eigenvalue weighted by atomic mass is 9.71. The van der Waals surface area contributed by atoms with Crippen LogP contribution in [0.2, 0.25) is 0 Å². The number of rotatable bonds is 6. The Hall–Kier alpha value is -1.04. The van der Waals surface area contributed by atoms with Crippen LogP contribution in [0.25, 0.3) is 0 Å². The van der Waals surface area contributed by atoms with E-state index >= 15 is 0 Å². The molecule has 0 nitrogen and oxygen atoms in total. The van der Waals surface area contributed by atoms with Crippen molar-refractivity contribution in [3.8, 4) is 0 Å². The molecule has 0 aromatic carbocycles. The lowest BCUT2D eigenvalue weighted by Gasteiger charge is -2.34. The average Bonchev–Trinajstić information content (AvgIpc) is 3.29. The molecule has 0 heteroatoms. The first-order chi connectivity index (χ1) is 13.9. The maximum atomic E-state index is 2.47. The highest BCUT2D eigenvalue weighted by atomic mass is 14.4. The quantitative estimate of drug-likeness (QED) is 0.435. The minimum absolute atomic E-state index is 0.913. The molecule has 0 N–H and O–H groups in total. The van der Waals surface area contributed by atoms with Crippen molar-refractivity contribution in [2.24, 2.45) is 17.8 Å². The zero-order chi connectivity index (χ0) is 18.9. The second-order valence-electron chi connectivity index (χ2n) is 10.3. The van der Waals surface area contributed by atoms with E-state index in [1.54, 1.807) is 11.1 Å². The van der Waals surface area contributed by atoms with Crippen molar-refractivity contribution in [2.75, 3.05) is 0 Å². The first kappa shape index (κ1) is 19.0. The molecule has 28 heavy (non-hydrogen) atoms. The Morgan fingerprint density at radius 3 is 1.93 bits per heavy atom. The molecule has 5 aliphatic carbocycles. The molecule has 0 heterocycles. The van der Waals surface area contributed by atoms with Crippen LogP contribution in [0.1, 0.15) is 110 Å². The van der Waals surface area contributed by atoms with E-state index in [-0.39, 0.29) is 0 Å². The van der Waals surface area contributed by atoms with Crippen LogP contribution in [0.15, 0.2) is 45.6 Å². The highest BCUT2D eigenvalue weighted by Gasteiger charge is 2.40. The number of allylic oxidation sites excluding steroid dienone is 8. The summed E-state index contributed by atoms with van der Waals surface area (Å²) >= 11 is 0. The van der Waals surface area contributed by atoms with Crippen molar-refractivity contribution in [2.45, 2.75) is 110 Å². The maximum absolute atomic E-state index is 2.47. The summed E-state index contributed by atoms with van der Waals surface area (Å²) < 4.78 is 0. The molecule has 3 saturated carbocycles. The van der Waals surface area contributed by atoms with Crippen molar-refractivity contribution in [1.82, 2.24) is 0 Å². The van der Waals surface area contributed by atoms with Crippen LogP contribution >= 0.6 is 0 Å². The van der Waals surface area contributed by atoms with Crippen LogP contribution in [0.5, 0.6) is 0 Å². The van der Waals surface area contributed by atoms with Crippen LogP contribution in [-0.4, -0.2) is 0 Å². The highest BCUT2D eigenvalue weighted by molar-refractivity contribution is 5.61. The van der Waals surface area contributed by atoms with Gasteiger partial charge in [-0.1, -0.05) is 63.2 Å². The third-order valence-corrected chi connectivity index (χ3v) is 8.65. The first-order valence-corrected chi connectivity index (χ1v) is 12.7. The second kappa shape index (κ2) is 8.37. The highest BCUT2D eigenvalue weighted by Crippen LogP contribution is 2.56. The minimum atomic E-state index is 0.913. The summed E-state index contributed by atoms with van der Waals surface area (Å²) in [6.07, 6.45) is 27.8. The average molecular weight is 377 g/mol. The van der Waals surface area contributed by atoms with Crippen LogP contribution in [0.4, 0.5) is 0 Å². The SMILES string of the molecule is CCC=CC1=C(C2=C(C3CCC3)C(C3CCCC3)=C(C3CCCCC3)C2)CC1. The van der Waals surface area contributed by atoms with E-state index in [0.717, 1.165) is 17.8 Å². The van der Waals surface area contributed by atoms with Gasteiger partial charge in [0.15, 0.2) is 0 Å². The predicted molar refractivity (Wildman–Crippen MR) is 120 cm³/mol. The Balaban J connectivity index is 1.56. The number of hydrogen-bond donors (Lipinski definition) is 0. The molecule has 0 radical (unpaired) electrons. The molecular weight excluding hydrogens is 336 g/mol. The van der Waals surface area contributed by atoms with E-state index in [1.807, 2.05) is 22.3 Å². The van der Waals surface area contributed by atoms with Gasteiger partial charge in [0.2, 0.25) is 0 Å². The topological polar surface area (TPSA) is 0 Å². The summed E-state index contributed by atoms with van der Waals surface area (Å²) in [5.74, 6) is 2.75. The van der Waals surface area contributed by atoms with Crippen LogP contribution < -0.4 is 0 Å². The molecule has 152 valence electrons. The Kier molecular flexibility index (Phi) is 5.67. The van der Waals surface area contributed by atoms with Gasteiger partial charge in [0.25, 0.3) is 0 Å². The Morgan fingerprint density at radius 1 is 0.679 bits per heavy atom. The standard InChI is InChI=1S/C28H40/c1-2-3-10-21-17-18-24(21)26-19-25(20-11-5-4-6-12-20)27(22-13-7-8-14-22)28(26)23-15-9-16-23/h3,10,20,22-23H,2,4-9,11-19H2,1H3. The minimum Gasteiger partial charge on any atom is -0.0845 e. The summed E-state index contributed by atoms with van der Waals surface area (Å²) in [6, 6.07) is 0. The zero-order valence-corrected chi connectivity index (χ0v) is 18.2. The van der Waals surface area contributed by atoms with Crippen molar-refractivity contribution < 1.29 is 0 Å². The molecule has 0 bridgehead atoms. The van der Waals surface area contributed by atoms with Crippen LogP contribution in [0, 0.1) is 17.8 Å².